The van der Waals surface area contributed by atoms with Gasteiger partial charge in [-0.25, -0.2) is 18.7 Å². The predicted octanol–water partition coefficient (Wildman–Crippen LogP) is 6.03. The van der Waals surface area contributed by atoms with Gasteiger partial charge in [-0.15, -0.1) is 0 Å². The molecule has 0 fully saturated rings. The molecule has 0 bridgehead atoms. The summed E-state index contributed by atoms with van der Waals surface area (Å²) in [5, 5.41) is 0. The van der Waals surface area contributed by atoms with E-state index in [9.17, 15) is 13.6 Å². The first-order valence-corrected chi connectivity index (χ1v) is 12.4. The third-order valence-corrected chi connectivity index (χ3v) is 6.32. The average Bonchev–Trinajstić information content (AvgIpc) is 3.28. The van der Waals surface area contributed by atoms with E-state index < -0.39 is 12.0 Å². The summed E-state index contributed by atoms with van der Waals surface area (Å²) >= 11 is 0. The quantitative estimate of drug-likeness (QED) is 0.245. The molecular formula is C29H26F2N6O2. The molecule has 0 spiro atoms. The van der Waals surface area contributed by atoms with E-state index in [1.807, 2.05) is 11.5 Å². The number of hydrogen-bond acceptors (Lipinski definition) is 7. The van der Waals surface area contributed by atoms with Crippen molar-refractivity contribution in [2.75, 3.05) is 5.73 Å². The second-order valence-corrected chi connectivity index (χ2v) is 9.08. The van der Waals surface area contributed by atoms with Gasteiger partial charge in [0.15, 0.2) is 0 Å². The maximum absolute atomic E-state index is 14.3. The number of nitrogens with two attached hydrogens (primary N) is 1. The molecule has 5 rings (SSSR count). The van der Waals surface area contributed by atoms with Gasteiger partial charge in [0, 0.05) is 23.4 Å². The molecule has 39 heavy (non-hydrogen) atoms. The Hall–Kier alpha value is -4.73. The highest BCUT2D eigenvalue weighted by Gasteiger charge is 2.22. The van der Waals surface area contributed by atoms with Gasteiger partial charge in [-0.2, -0.15) is 4.98 Å². The van der Waals surface area contributed by atoms with Gasteiger partial charge >= 0.3 is 0 Å². The van der Waals surface area contributed by atoms with Crippen molar-refractivity contribution in [2.45, 2.75) is 40.1 Å². The minimum atomic E-state index is -1.31. The lowest BCUT2D eigenvalue weighted by Gasteiger charge is -2.17. The van der Waals surface area contributed by atoms with E-state index in [1.165, 1.54) is 19.1 Å². The van der Waals surface area contributed by atoms with Crippen LogP contribution in [-0.2, 0) is 13.2 Å². The minimum absolute atomic E-state index is 0.0295. The van der Waals surface area contributed by atoms with Crippen LogP contribution in [0.5, 0.6) is 5.88 Å². The minimum Gasteiger partial charge on any atom is -0.469 e. The molecule has 1 atom stereocenters. The summed E-state index contributed by atoms with van der Waals surface area (Å²) in [6.45, 7) is 5.77. The molecule has 3 aromatic heterocycles. The molecule has 0 aliphatic carbocycles. The number of aryl methyl sites for hydroxylation is 2. The molecule has 2 aromatic carbocycles. The Morgan fingerprint density at radius 1 is 1.03 bits per heavy atom. The van der Waals surface area contributed by atoms with Crippen LogP contribution in [0.15, 0.2) is 54.6 Å². The standard InChI is InChI=1S/C29H26F2N6O2/c1-4-37-24-12-18(14-38)5-10-22(24)34-25(37)15-39-28-26(20-11-16(2)33-23(13-20)17(3)30)27(35-29(32)36-28)19-6-8-21(31)9-7-19/h5-14,17H,4,15H2,1-3H3,(H2,32,35,36). The van der Waals surface area contributed by atoms with Gasteiger partial charge in [0.2, 0.25) is 11.8 Å². The van der Waals surface area contributed by atoms with E-state index in [2.05, 4.69) is 19.9 Å². The molecule has 0 aliphatic rings. The average molecular weight is 529 g/mol. The fourth-order valence-corrected chi connectivity index (χ4v) is 4.54. The third kappa shape index (κ3) is 5.18. The van der Waals surface area contributed by atoms with E-state index in [1.54, 1.807) is 49.4 Å². The third-order valence-electron chi connectivity index (χ3n) is 6.32. The Labute approximate surface area is 223 Å². The lowest BCUT2D eigenvalue weighted by Crippen LogP contribution is -2.10. The van der Waals surface area contributed by atoms with Gasteiger partial charge in [0.25, 0.3) is 0 Å². The fraction of sp³-hybridized carbons (Fsp3) is 0.207. The van der Waals surface area contributed by atoms with Gasteiger partial charge in [-0.3, -0.25) is 9.78 Å². The molecule has 2 N–H and O–H groups in total. The molecule has 0 saturated carbocycles. The van der Waals surface area contributed by atoms with Crippen LogP contribution in [0, 0.1) is 12.7 Å². The molecule has 198 valence electrons. The van der Waals surface area contributed by atoms with Crippen LogP contribution in [0.4, 0.5) is 14.7 Å². The van der Waals surface area contributed by atoms with E-state index >= 15 is 0 Å². The van der Waals surface area contributed by atoms with Gasteiger partial charge in [0.05, 0.1) is 28.0 Å². The molecule has 10 heteroatoms. The number of carbonyl (C=O) groups is 1. The summed E-state index contributed by atoms with van der Waals surface area (Å²) in [7, 11) is 0. The fourth-order valence-electron chi connectivity index (χ4n) is 4.54. The zero-order valence-electron chi connectivity index (χ0n) is 21.7. The zero-order chi connectivity index (χ0) is 27.7. The first kappa shape index (κ1) is 25.9. The normalized spacial score (nSPS) is 12.0. The van der Waals surface area contributed by atoms with Crippen molar-refractivity contribution in [2.24, 2.45) is 0 Å². The number of rotatable bonds is 8. The second-order valence-electron chi connectivity index (χ2n) is 9.08. The number of anilines is 1. The molecule has 1 unspecified atom stereocenters. The molecule has 0 saturated heterocycles. The Morgan fingerprint density at radius 3 is 2.49 bits per heavy atom. The number of aromatic nitrogens is 5. The number of aldehydes is 1. The number of fused-ring (bicyclic) bond motifs is 1. The first-order valence-electron chi connectivity index (χ1n) is 12.4. The largest absolute Gasteiger partial charge is 0.469 e. The zero-order valence-corrected chi connectivity index (χ0v) is 21.7. The first-order chi connectivity index (χ1) is 18.8. The van der Waals surface area contributed by atoms with E-state index in [0.717, 1.165) is 17.3 Å². The number of alkyl halides is 1. The highest BCUT2D eigenvalue weighted by molar-refractivity contribution is 5.86. The van der Waals surface area contributed by atoms with Crippen molar-refractivity contribution in [3.05, 3.63) is 83.2 Å². The summed E-state index contributed by atoms with van der Waals surface area (Å²) in [6.07, 6.45) is -0.517. The second kappa shape index (κ2) is 10.6. The van der Waals surface area contributed by atoms with Crippen LogP contribution >= 0.6 is 0 Å². The van der Waals surface area contributed by atoms with Crippen molar-refractivity contribution in [3.8, 4) is 28.3 Å². The van der Waals surface area contributed by atoms with Crippen LogP contribution < -0.4 is 10.5 Å². The maximum atomic E-state index is 14.3. The Kier molecular flexibility index (Phi) is 7.02. The van der Waals surface area contributed by atoms with Crippen molar-refractivity contribution in [1.29, 1.82) is 0 Å². The molecular weight excluding hydrogens is 502 g/mol. The lowest BCUT2D eigenvalue weighted by molar-refractivity contribution is 0.112. The Bertz CT molecular complexity index is 1680. The van der Waals surface area contributed by atoms with Crippen molar-refractivity contribution in [3.63, 3.8) is 0 Å². The Morgan fingerprint density at radius 2 is 1.79 bits per heavy atom. The van der Waals surface area contributed by atoms with Crippen molar-refractivity contribution >= 4 is 23.3 Å². The van der Waals surface area contributed by atoms with Crippen molar-refractivity contribution in [1.82, 2.24) is 24.5 Å². The van der Waals surface area contributed by atoms with Gasteiger partial charge in [-0.1, -0.05) is 0 Å². The van der Waals surface area contributed by atoms with Crippen molar-refractivity contribution < 1.29 is 18.3 Å². The lowest BCUT2D eigenvalue weighted by atomic mass is 9.99. The topological polar surface area (TPSA) is 109 Å². The number of benzene rings is 2. The molecule has 5 aromatic rings. The monoisotopic (exact) mass is 528 g/mol. The summed E-state index contributed by atoms with van der Waals surface area (Å²) in [4.78, 5) is 29.1. The van der Waals surface area contributed by atoms with Crippen LogP contribution in [0.3, 0.4) is 0 Å². The van der Waals surface area contributed by atoms with Crippen LogP contribution in [0.25, 0.3) is 33.4 Å². The Balaban J connectivity index is 1.65. The van der Waals surface area contributed by atoms with Gasteiger partial charge < -0.3 is 15.0 Å². The smallest absolute Gasteiger partial charge is 0.227 e. The van der Waals surface area contributed by atoms with Gasteiger partial charge in [-0.05, 0) is 80.9 Å². The summed E-state index contributed by atoms with van der Waals surface area (Å²) in [5.74, 6) is 0.333. The van der Waals surface area contributed by atoms with E-state index in [0.29, 0.717) is 46.0 Å². The highest BCUT2D eigenvalue weighted by atomic mass is 19.1. The van der Waals surface area contributed by atoms with Crippen LogP contribution in [-0.4, -0.2) is 30.8 Å². The molecule has 0 aliphatic heterocycles. The SMILES string of the molecule is CCn1c(COc2nc(N)nc(-c3ccc(F)cc3)c2-c2cc(C)nc(C(C)F)c2)nc2ccc(C=O)cc21. The van der Waals surface area contributed by atoms with E-state index in [-0.39, 0.29) is 24.1 Å². The summed E-state index contributed by atoms with van der Waals surface area (Å²) in [6, 6.07) is 14.5. The molecule has 0 radical (unpaired) electrons. The maximum Gasteiger partial charge on any atom is 0.227 e. The molecule has 8 nitrogen and oxygen atoms in total. The number of pyridine rings is 1. The number of nitrogen functional groups attached to an aromatic ring is 1. The molecule has 0 amide bonds. The predicted molar refractivity (Wildman–Crippen MR) is 144 cm³/mol. The number of halogens is 2. The van der Waals surface area contributed by atoms with Crippen LogP contribution in [0.2, 0.25) is 0 Å². The number of imidazole rings is 1. The van der Waals surface area contributed by atoms with Gasteiger partial charge in [0.1, 0.15) is 30.7 Å². The number of nitrogens with zero attached hydrogens (tertiary/aromatic N) is 5. The molecule has 3 heterocycles. The van der Waals surface area contributed by atoms with Crippen LogP contribution in [0.1, 0.15) is 47.6 Å². The highest BCUT2D eigenvalue weighted by Crippen LogP contribution is 2.39. The summed E-state index contributed by atoms with van der Waals surface area (Å²) < 4.78 is 36.3. The number of hydrogen-bond donors (Lipinski definition) is 1. The van der Waals surface area contributed by atoms with E-state index in [4.69, 9.17) is 10.5 Å². The number of carbonyl (C=O) groups excluding carboxylic acids is 1. The number of ether oxygens (including phenoxy) is 1. The summed E-state index contributed by atoms with van der Waals surface area (Å²) in [5.41, 5.74) is 11.0.